The number of anilines is 3. The molecule has 0 aliphatic heterocycles. The van der Waals surface area contributed by atoms with Crippen molar-refractivity contribution in [1.29, 1.82) is 0 Å². The lowest BCUT2D eigenvalue weighted by molar-refractivity contribution is 0.0996. The molecule has 0 radical (unpaired) electrons. The quantitative estimate of drug-likeness (QED) is 0.636. The minimum atomic E-state index is -0.648. The lowest BCUT2D eigenvalue weighted by Crippen LogP contribution is -2.17. The number of nitrogen functional groups attached to an aromatic ring is 1. The van der Waals surface area contributed by atoms with Crippen molar-refractivity contribution < 1.29 is 4.79 Å². The van der Waals surface area contributed by atoms with E-state index in [1.807, 2.05) is 30.3 Å². The summed E-state index contributed by atoms with van der Waals surface area (Å²) < 4.78 is 0. The van der Waals surface area contributed by atoms with Crippen molar-refractivity contribution in [1.82, 2.24) is 9.97 Å². The molecule has 0 aliphatic rings. The third kappa shape index (κ3) is 2.46. The van der Waals surface area contributed by atoms with Gasteiger partial charge in [0.05, 0.1) is 11.2 Å². The van der Waals surface area contributed by atoms with Gasteiger partial charge < -0.3 is 16.8 Å². The number of nitrogens with two attached hydrogens (primary N) is 2. The number of fused-ring (bicyclic) bond motifs is 1. The minimum absolute atomic E-state index is 0.0805. The Morgan fingerprint density at radius 2 is 1.76 bits per heavy atom. The number of amides is 1. The molecular weight excluding hydrogens is 266 g/mol. The molecule has 0 bridgehead atoms. The molecule has 104 valence electrons. The normalized spacial score (nSPS) is 10.5. The summed E-state index contributed by atoms with van der Waals surface area (Å²) in [6.45, 7) is 0. The van der Waals surface area contributed by atoms with Crippen molar-refractivity contribution in [2.24, 2.45) is 5.73 Å². The van der Waals surface area contributed by atoms with Crippen LogP contribution < -0.4 is 16.8 Å². The Bertz CT molecular complexity index is 817. The molecule has 1 amide bonds. The maximum absolute atomic E-state index is 11.6. The standard InChI is InChI=1S/C15H13N5O/c16-10-7-4-8-11-12(10)20-15(13(19-11)14(17)21)18-9-5-2-1-3-6-9/h1-8H,16H2,(H2,17,21)(H,18,20). The van der Waals surface area contributed by atoms with E-state index >= 15 is 0 Å². The van der Waals surface area contributed by atoms with Gasteiger partial charge in [0.25, 0.3) is 5.91 Å². The van der Waals surface area contributed by atoms with Crippen molar-refractivity contribution in [3.63, 3.8) is 0 Å². The number of carbonyl (C=O) groups is 1. The van der Waals surface area contributed by atoms with Gasteiger partial charge in [-0.3, -0.25) is 4.79 Å². The molecule has 0 saturated carbocycles. The molecule has 0 atom stereocenters. The molecule has 6 nitrogen and oxygen atoms in total. The van der Waals surface area contributed by atoms with Gasteiger partial charge in [0.2, 0.25) is 0 Å². The summed E-state index contributed by atoms with van der Waals surface area (Å²) in [5, 5.41) is 3.04. The van der Waals surface area contributed by atoms with Crippen LogP contribution in [0.4, 0.5) is 17.2 Å². The fraction of sp³-hybridized carbons (Fsp3) is 0. The Labute approximate surface area is 120 Å². The molecule has 0 fully saturated rings. The molecule has 3 aromatic rings. The van der Waals surface area contributed by atoms with Gasteiger partial charge in [0.1, 0.15) is 5.52 Å². The Morgan fingerprint density at radius 3 is 2.48 bits per heavy atom. The van der Waals surface area contributed by atoms with E-state index in [0.717, 1.165) is 5.69 Å². The Kier molecular flexibility index (Phi) is 3.12. The summed E-state index contributed by atoms with van der Waals surface area (Å²) in [4.78, 5) is 20.2. The maximum Gasteiger partial charge on any atom is 0.271 e. The van der Waals surface area contributed by atoms with Gasteiger partial charge in [-0.05, 0) is 24.3 Å². The van der Waals surface area contributed by atoms with Crippen LogP contribution in [0.3, 0.4) is 0 Å². The number of hydrogen-bond acceptors (Lipinski definition) is 5. The number of rotatable bonds is 3. The predicted molar refractivity (Wildman–Crippen MR) is 82.2 cm³/mol. The number of nitrogens with one attached hydrogen (secondary N) is 1. The van der Waals surface area contributed by atoms with Crippen LogP contribution in [0.5, 0.6) is 0 Å². The van der Waals surface area contributed by atoms with E-state index in [-0.39, 0.29) is 5.69 Å². The van der Waals surface area contributed by atoms with E-state index < -0.39 is 5.91 Å². The molecule has 0 spiro atoms. The number of carbonyl (C=O) groups excluding carboxylic acids is 1. The summed E-state index contributed by atoms with van der Waals surface area (Å²) in [5.41, 5.74) is 13.7. The van der Waals surface area contributed by atoms with Crippen LogP contribution in [0.15, 0.2) is 48.5 Å². The zero-order valence-corrected chi connectivity index (χ0v) is 11.1. The van der Waals surface area contributed by atoms with E-state index in [4.69, 9.17) is 11.5 Å². The average molecular weight is 279 g/mol. The van der Waals surface area contributed by atoms with Crippen molar-refractivity contribution in [3.8, 4) is 0 Å². The Morgan fingerprint density at radius 1 is 1.00 bits per heavy atom. The number of nitrogens with zero attached hydrogens (tertiary/aromatic N) is 2. The van der Waals surface area contributed by atoms with Crippen molar-refractivity contribution in [3.05, 3.63) is 54.2 Å². The summed E-state index contributed by atoms with van der Waals surface area (Å²) in [7, 11) is 0. The second-order valence-corrected chi connectivity index (χ2v) is 4.49. The molecule has 1 aromatic heterocycles. The highest BCUT2D eigenvalue weighted by Crippen LogP contribution is 2.23. The van der Waals surface area contributed by atoms with Gasteiger partial charge in [-0.2, -0.15) is 0 Å². The molecule has 21 heavy (non-hydrogen) atoms. The number of para-hydroxylation sites is 2. The predicted octanol–water partition coefficient (Wildman–Crippen LogP) is 2.05. The number of benzene rings is 2. The van der Waals surface area contributed by atoms with Gasteiger partial charge in [-0.25, -0.2) is 9.97 Å². The topological polar surface area (TPSA) is 107 Å². The van der Waals surface area contributed by atoms with Crippen molar-refractivity contribution >= 4 is 34.1 Å². The zero-order chi connectivity index (χ0) is 14.8. The number of primary amides is 1. The first kappa shape index (κ1) is 12.9. The van der Waals surface area contributed by atoms with E-state index in [0.29, 0.717) is 22.5 Å². The summed E-state index contributed by atoms with van der Waals surface area (Å²) in [6.07, 6.45) is 0. The summed E-state index contributed by atoms with van der Waals surface area (Å²) in [6, 6.07) is 14.6. The highest BCUT2D eigenvalue weighted by atomic mass is 16.1. The fourth-order valence-electron chi connectivity index (χ4n) is 2.02. The van der Waals surface area contributed by atoms with E-state index in [1.54, 1.807) is 18.2 Å². The molecule has 3 rings (SSSR count). The number of hydrogen-bond donors (Lipinski definition) is 3. The lowest BCUT2D eigenvalue weighted by Gasteiger charge is -2.10. The first-order chi connectivity index (χ1) is 10.1. The van der Waals surface area contributed by atoms with E-state index in [2.05, 4.69) is 15.3 Å². The van der Waals surface area contributed by atoms with Gasteiger partial charge in [0, 0.05) is 5.69 Å². The van der Waals surface area contributed by atoms with Crippen LogP contribution >= 0.6 is 0 Å². The van der Waals surface area contributed by atoms with E-state index in [1.165, 1.54) is 0 Å². The summed E-state index contributed by atoms with van der Waals surface area (Å²) >= 11 is 0. The van der Waals surface area contributed by atoms with E-state index in [9.17, 15) is 4.79 Å². The molecule has 0 unspecified atom stereocenters. The number of aromatic nitrogens is 2. The van der Waals surface area contributed by atoms with Crippen LogP contribution in [-0.2, 0) is 0 Å². The van der Waals surface area contributed by atoms with Gasteiger partial charge in [-0.1, -0.05) is 24.3 Å². The van der Waals surface area contributed by atoms with Crippen LogP contribution in [0.1, 0.15) is 10.5 Å². The maximum atomic E-state index is 11.6. The van der Waals surface area contributed by atoms with Gasteiger partial charge in [0.15, 0.2) is 11.5 Å². The van der Waals surface area contributed by atoms with Crippen molar-refractivity contribution in [2.45, 2.75) is 0 Å². The average Bonchev–Trinajstić information content (AvgIpc) is 2.48. The highest BCUT2D eigenvalue weighted by molar-refractivity contribution is 5.99. The van der Waals surface area contributed by atoms with Crippen LogP contribution in [-0.4, -0.2) is 15.9 Å². The molecule has 1 heterocycles. The highest BCUT2D eigenvalue weighted by Gasteiger charge is 2.15. The second-order valence-electron chi connectivity index (χ2n) is 4.49. The Balaban J connectivity index is 2.17. The minimum Gasteiger partial charge on any atom is -0.397 e. The second kappa shape index (κ2) is 5.09. The largest absolute Gasteiger partial charge is 0.397 e. The SMILES string of the molecule is NC(=O)c1nc2cccc(N)c2nc1Nc1ccccc1. The zero-order valence-electron chi connectivity index (χ0n) is 11.1. The monoisotopic (exact) mass is 279 g/mol. The lowest BCUT2D eigenvalue weighted by atomic mass is 10.2. The van der Waals surface area contributed by atoms with Gasteiger partial charge in [-0.15, -0.1) is 0 Å². The van der Waals surface area contributed by atoms with Gasteiger partial charge >= 0.3 is 0 Å². The molecule has 2 aromatic carbocycles. The first-order valence-electron chi connectivity index (χ1n) is 6.33. The van der Waals surface area contributed by atoms with Crippen LogP contribution in [0.25, 0.3) is 11.0 Å². The first-order valence-corrected chi connectivity index (χ1v) is 6.33. The summed E-state index contributed by atoms with van der Waals surface area (Å²) in [5.74, 6) is -0.357. The smallest absolute Gasteiger partial charge is 0.271 e. The van der Waals surface area contributed by atoms with Crippen LogP contribution in [0.2, 0.25) is 0 Å². The fourth-order valence-corrected chi connectivity index (χ4v) is 2.02. The molecule has 0 saturated heterocycles. The third-order valence-corrected chi connectivity index (χ3v) is 3.00. The molecule has 6 heteroatoms. The van der Waals surface area contributed by atoms with Crippen molar-refractivity contribution in [2.75, 3.05) is 11.1 Å². The molecule has 0 aliphatic carbocycles. The Hall–Kier alpha value is -3.15. The molecular formula is C15H13N5O. The third-order valence-electron chi connectivity index (χ3n) is 3.00. The van der Waals surface area contributed by atoms with Crippen LogP contribution in [0, 0.1) is 0 Å². The molecule has 5 N–H and O–H groups in total.